The highest BCUT2D eigenvalue weighted by Crippen LogP contribution is 2.39. The Balaban J connectivity index is 0.000000606. The molecule has 0 radical (unpaired) electrons. The molecule has 0 aliphatic heterocycles. The molecule has 8 rings (SSSR count). The maximum absolute atomic E-state index is 6.27. The third-order valence-electron chi connectivity index (χ3n) is 19.5. The molecule has 106 heavy (non-hydrogen) atoms. The molecule has 0 saturated carbocycles. The van der Waals surface area contributed by atoms with Crippen LogP contribution in [0.15, 0.2) is 97.1 Å². The van der Waals surface area contributed by atoms with Gasteiger partial charge in [-0.25, -0.2) is 0 Å². The molecule has 0 fully saturated rings. The van der Waals surface area contributed by atoms with Gasteiger partial charge in [0.25, 0.3) is 0 Å². The predicted octanol–water partition coefficient (Wildman–Crippen LogP) is 34.8. The smallest absolute Gasteiger partial charge is 0.0464 e. The van der Waals surface area contributed by atoms with Gasteiger partial charge in [0, 0.05) is 40.2 Å². The van der Waals surface area contributed by atoms with Crippen LogP contribution in [0.3, 0.4) is 0 Å². The van der Waals surface area contributed by atoms with Crippen molar-refractivity contribution in [3.05, 3.63) is 271 Å². The van der Waals surface area contributed by atoms with Crippen molar-refractivity contribution >= 4 is 92.8 Å². The van der Waals surface area contributed by atoms with Gasteiger partial charge < -0.3 is 0 Å². The molecule has 0 saturated heterocycles. The van der Waals surface area contributed by atoms with Gasteiger partial charge in [-0.15, -0.1) is 0 Å². The van der Waals surface area contributed by atoms with Crippen LogP contribution in [0.5, 0.6) is 0 Å². The molecule has 0 heterocycles. The van der Waals surface area contributed by atoms with E-state index >= 15 is 0 Å². The summed E-state index contributed by atoms with van der Waals surface area (Å²) >= 11 is 49.1. The lowest BCUT2D eigenvalue weighted by molar-refractivity contribution is 0.585. The zero-order valence-electron chi connectivity index (χ0n) is 73.8. The molecule has 0 nitrogen and oxygen atoms in total. The molecule has 0 aliphatic rings. The maximum atomic E-state index is 6.27. The molecule has 0 atom stereocenters. The van der Waals surface area contributed by atoms with E-state index in [0.717, 1.165) is 45.7 Å². The van der Waals surface area contributed by atoms with Gasteiger partial charge in [0.15, 0.2) is 0 Å². The summed E-state index contributed by atoms with van der Waals surface area (Å²) in [6.45, 7) is 89.0. The molecular formula is C98H140Cl8. The predicted molar refractivity (Wildman–Crippen MR) is 486 cm³/mol. The maximum Gasteiger partial charge on any atom is 0.0464 e. The first-order valence-corrected chi connectivity index (χ1v) is 40.7. The number of benzene rings is 8. The van der Waals surface area contributed by atoms with Crippen LogP contribution in [0.4, 0.5) is 0 Å². The molecule has 0 unspecified atom stereocenters. The summed E-state index contributed by atoms with van der Waals surface area (Å²) in [7, 11) is 0. The van der Waals surface area contributed by atoms with Crippen molar-refractivity contribution in [2.24, 2.45) is 0 Å². The van der Waals surface area contributed by atoms with Crippen molar-refractivity contribution < 1.29 is 0 Å². The van der Waals surface area contributed by atoms with E-state index in [-0.39, 0.29) is 43.3 Å². The molecule has 0 N–H and O–H groups in total. The normalized spacial score (nSPS) is 11.9. The van der Waals surface area contributed by atoms with E-state index in [1.807, 2.05) is 31.2 Å². The van der Waals surface area contributed by atoms with Crippen LogP contribution in [0.25, 0.3) is 0 Å². The fourth-order valence-electron chi connectivity index (χ4n) is 12.8. The van der Waals surface area contributed by atoms with E-state index in [4.69, 9.17) is 92.8 Å². The fraction of sp³-hybridized carbons (Fsp3) is 0.510. The first-order chi connectivity index (χ1) is 47.5. The van der Waals surface area contributed by atoms with Crippen molar-refractivity contribution in [1.29, 1.82) is 0 Å². The lowest BCUT2D eigenvalue weighted by Gasteiger charge is -2.24. The third kappa shape index (κ3) is 31.0. The molecule has 8 aromatic rings. The average molecular weight is 1600 g/mol. The van der Waals surface area contributed by atoms with Gasteiger partial charge in [0.05, 0.1) is 0 Å². The van der Waals surface area contributed by atoms with Crippen LogP contribution in [-0.4, -0.2) is 0 Å². The van der Waals surface area contributed by atoms with Crippen LogP contribution in [0.1, 0.15) is 319 Å². The van der Waals surface area contributed by atoms with E-state index in [0.29, 0.717) is 5.92 Å². The Morgan fingerprint density at radius 1 is 0.226 bits per heavy atom. The van der Waals surface area contributed by atoms with Gasteiger partial charge in [-0.1, -0.05) is 321 Å². The number of hydrogen-bond acceptors (Lipinski definition) is 0. The number of rotatable bonds is 1. The quantitative estimate of drug-likeness (QED) is 0.154. The molecule has 0 spiro atoms. The Morgan fingerprint density at radius 3 is 1.03 bits per heavy atom. The molecule has 0 aromatic heterocycles. The lowest BCUT2D eigenvalue weighted by atomic mass is 9.83. The Hall–Kier alpha value is -3.92. The van der Waals surface area contributed by atoms with Crippen LogP contribution in [-0.2, 0) is 43.3 Å². The minimum absolute atomic E-state index is 0.132. The molecule has 0 aliphatic carbocycles. The summed E-state index contributed by atoms with van der Waals surface area (Å²) < 4.78 is 0. The Kier molecular flexibility index (Phi) is 37.8. The minimum Gasteiger partial charge on any atom is -0.0843 e. The molecule has 8 aromatic carbocycles. The van der Waals surface area contributed by atoms with Gasteiger partial charge in [-0.05, 0) is 335 Å². The van der Waals surface area contributed by atoms with E-state index in [9.17, 15) is 0 Å². The van der Waals surface area contributed by atoms with Crippen molar-refractivity contribution in [2.45, 2.75) is 333 Å². The fourth-order valence-corrected chi connectivity index (χ4v) is 15.1. The van der Waals surface area contributed by atoms with Crippen LogP contribution < -0.4 is 0 Å². The second kappa shape index (κ2) is 40.0. The summed E-state index contributed by atoms with van der Waals surface area (Å²) in [6.07, 6.45) is 0. The Morgan fingerprint density at radius 2 is 0.632 bits per heavy atom. The standard InChI is InChI=1S/C14H21Cl.7C12H17Cl/c1-9(2)12-7-11(14(4,5)6)8-13(15)10(12)3;1-8-6-10(13)7-11(9(8)2)12(3,4)5;1-8-6-10(12(3,4)5)7-11(13)9(8)2;1-8-6-10(12(3,4)5)7-9(2)11(8)13;1-8-6-9(2)11(13)7-10(8)12(3,4)5;1-8-6-9(2)11(10(13)7-8)12(3,4)5;1-8-9(2)11(13)7-6-10(8)12(3,4)5;1-8-6-7-10(13)11(9(8)2)12(3,4)5/h7-9H,1-6H3;7*6-7H,1-5H3. The third-order valence-corrected chi connectivity index (χ3v) is 22.6. The van der Waals surface area contributed by atoms with Crippen LogP contribution in [0, 0.1) is 104 Å². The van der Waals surface area contributed by atoms with Crippen molar-refractivity contribution in [3.8, 4) is 0 Å². The SMILES string of the molecule is Cc1c(Cl)cc(C(C)(C)C)cc1C(C)C.Cc1c(Cl)ccc(C(C)(C)C)c1C.Cc1cc(C(C)(C)C)cc(C)c1Cl.Cc1cc(C(C)(C)C)cc(Cl)c1C.Cc1cc(C)c(C(C)(C)C)c(Cl)c1.Cc1cc(C)c(C(C)(C)C)cc1Cl.Cc1cc(Cl)cc(C(C)(C)C)c1C.Cc1ccc(Cl)c(C(C)(C)C)c1C. The van der Waals surface area contributed by atoms with Gasteiger partial charge in [0.1, 0.15) is 0 Å². The zero-order valence-corrected chi connectivity index (χ0v) is 79.9. The summed E-state index contributed by atoms with van der Waals surface area (Å²) in [4.78, 5) is 0. The minimum atomic E-state index is 0.132. The molecular weight excluding hydrogens is 1460 g/mol. The monoisotopic (exact) mass is 1600 g/mol. The van der Waals surface area contributed by atoms with Gasteiger partial charge in [-0.3, -0.25) is 0 Å². The first-order valence-electron chi connectivity index (χ1n) is 37.7. The molecule has 0 amide bonds. The largest absolute Gasteiger partial charge is 0.0843 e. The van der Waals surface area contributed by atoms with Gasteiger partial charge in [-0.2, -0.15) is 0 Å². The number of aryl methyl sites for hydroxylation is 9. The van der Waals surface area contributed by atoms with Crippen molar-refractivity contribution in [3.63, 3.8) is 0 Å². The summed E-state index contributed by atoms with van der Waals surface area (Å²) in [5.74, 6) is 0.532. The summed E-state index contributed by atoms with van der Waals surface area (Å²) in [6, 6.07) is 33.8. The number of halogens is 8. The van der Waals surface area contributed by atoms with Crippen LogP contribution in [0.2, 0.25) is 40.2 Å². The second-order valence-electron chi connectivity index (χ2n) is 38.1. The van der Waals surface area contributed by atoms with E-state index in [1.54, 1.807) is 0 Å². The summed E-state index contributed by atoms with van der Waals surface area (Å²) in [5.41, 5.74) is 32.2. The van der Waals surface area contributed by atoms with Crippen molar-refractivity contribution in [2.75, 3.05) is 0 Å². The Labute approximate surface area is 691 Å². The highest BCUT2D eigenvalue weighted by atomic mass is 35.5. The first kappa shape index (κ1) is 100. The topological polar surface area (TPSA) is 0 Å². The lowest BCUT2D eigenvalue weighted by Crippen LogP contribution is -2.14. The molecule has 0 bridgehead atoms. The van der Waals surface area contributed by atoms with E-state index in [1.165, 1.54) is 128 Å². The number of hydrogen-bond donors (Lipinski definition) is 0. The Bertz CT molecular complexity index is 4080. The highest BCUT2D eigenvalue weighted by Gasteiger charge is 2.25. The molecule has 8 heteroatoms. The zero-order chi connectivity index (χ0) is 83.4. The van der Waals surface area contributed by atoms with Crippen LogP contribution >= 0.6 is 92.8 Å². The van der Waals surface area contributed by atoms with Gasteiger partial charge in [0.2, 0.25) is 0 Å². The highest BCUT2D eigenvalue weighted by molar-refractivity contribution is 6.34. The van der Waals surface area contributed by atoms with E-state index in [2.05, 4.69) is 350 Å². The van der Waals surface area contributed by atoms with E-state index < -0.39 is 0 Å². The summed E-state index contributed by atoms with van der Waals surface area (Å²) in [5, 5.41) is 7.03. The molecule has 588 valence electrons. The van der Waals surface area contributed by atoms with Crippen molar-refractivity contribution in [1.82, 2.24) is 0 Å². The van der Waals surface area contributed by atoms with Gasteiger partial charge >= 0.3 is 0 Å². The average Bonchev–Trinajstić information content (AvgIpc) is 0.821. The second-order valence-corrected chi connectivity index (χ2v) is 41.4.